The molecule has 0 aliphatic heterocycles. The SMILES string of the molecule is Cc1cc(-c2cc(C(C)(C)C)cc3cccnc23)cc(-c2cccc3c2nc(-c2cc(C(C)(C)C)ccc2O)n3C(C)C)c1. The fourth-order valence-electron chi connectivity index (χ4n) is 6.18. The summed E-state index contributed by atoms with van der Waals surface area (Å²) >= 11 is 0. The second-order valence-corrected chi connectivity index (χ2v) is 14.5. The number of aromatic hydroxyl groups is 1. The van der Waals surface area contributed by atoms with Crippen molar-refractivity contribution < 1.29 is 5.11 Å². The van der Waals surface area contributed by atoms with Crippen LogP contribution in [-0.4, -0.2) is 19.6 Å². The van der Waals surface area contributed by atoms with Crippen LogP contribution in [0.15, 0.2) is 85.1 Å². The van der Waals surface area contributed by atoms with Crippen molar-refractivity contribution in [3.8, 4) is 39.4 Å². The number of phenolic OH excluding ortho intramolecular Hbond substituents is 1. The number of pyridine rings is 1. The molecule has 44 heavy (non-hydrogen) atoms. The Morgan fingerprint density at radius 1 is 0.682 bits per heavy atom. The van der Waals surface area contributed by atoms with E-state index in [-0.39, 0.29) is 22.6 Å². The highest BCUT2D eigenvalue weighted by Crippen LogP contribution is 2.41. The molecule has 0 atom stereocenters. The third-order valence-corrected chi connectivity index (χ3v) is 8.61. The Hall–Kier alpha value is -4.44. The molecule has 6 aromatic rings. The molecule has 0 fully saturated rings. The number of rotatable bonds is 4. The topological polar surface area (TPSA) is 50.9 Å². The van der Waals surface area contributed by atoms with Gasteiger partial charge in [0, 0.05) is 28.8 Å². The van der Waals surface area contributed by atoms with Crippen LogP contribution in [0.5, 0.6) is 5.75 Å². The predicted molar refractivity (Wildman–Crippen MR) is 186 cm³/mol. The van der Waals surface area contributed by atoms with E-state index in [1.807, 2.05) is 18.3 Å². The molecule has 6 rings (SSSR count). The molecule has 0 unspecified atom stereocenters. The average Bonchev–Trinajstić information content (AvgIpc) is 3.35. The van der Waals surface area contributed by atoms with E-state index < -0.39 is 0 Å². The summed E-state index contributed by atoms with van der Waals surface area (Å²) < 4.78 is 2.25. The molecule has 2 aromatic heterocycles. The molecule has 1 N–H and O–H groups in total. The molecular weight excluding hydrogens is 538 g/mol. The Morgan fingerprint density at radius 3 is 2.05 bits per heavy atom. The van der Waals surface area contributed by atoms with Crippen LogP contribution in [0.4, 0.5) is 0 Å². The van der Waals surface area contributed by atoms with Crippen LogP contribution < -0.4 is 0 Å². The summed E-state index contributed by atoms with van der Waals surface area (Å²) in [7, 11) is 0. The van der Waals surface area contributed by atoms with Gasteiger partial charge in [-0.1, -0.05) is 77.9 Å². The minimum absolute atomic E-state index is 0.00691. The third kappa shape index (κ3) is 5.27. The number of hydrogen-bond acceptors (Lipinski definition) is 3. The zero-order chi connectivity index (χ0) is 31.6. The Bertz CT molecular complexity index is 2030. The number of benzene rings is 4. The van der Waals surface area contributed by atoms with Gasteiger partial charge in [-0.3, -0.25) is 4.98 Å². The first-order chi connectivity index (χ1) is 20.7. The van der Waals surface area contributed by atoms with Gasteiger partial charge in [-0.2, -0.15) is 0 Å². The van der Waals surface area contributed by atoms with Gasteiger partial charge in [0.1, 0.15) is 11.6 Å². The third-order valence-electron chi connectivity index (χ3n) is 8.61. The second kappa shape index (κ2) is 10.6. The van der Waals surface area contributed by atoms with Gasteiger partial charge in [-0.25, -0.2) is 4.98 Å². The molecule has 0 spiro atoms. The Balaban J connectivity index is 1.59. The molecule has 0 aliphatic rings. The maximum atomic E-state index is 11.1. The first-order valence-electron chi connectivity index (χ1n) is 15.6. The average molecular weight is 582 g/mol. The predicted octanol–water partition coefficient (Wildman–Crippen LogP) is 10.8. The standard InChI is InChI=1S/C40H43N3O/c1-24(2)43-34-14-10-13-31(37(34)42-38(43)33-22-29(39(4,5)6)15-16-35(33)44)27-18-25(3)19-28(20-27)32-23-30(40(7,8)9)21-26-12-11-17-41-36(26)32/h10-24,44H,1-9H3. The van der Waals surface area contributed by atoms with Crippen LogP contribution in [0.1, 0.15) is 78.1 Å². The van der Waals surface area contributed by atoms with Crippen LogP contribution in [0, 0.1) is 6.92 Å². The lowest BCUT2D eigenvalue weighted by atomic mass is 9.83. The van der Waals surface area contributed by atoms with E-state index >= 15 is 0 Å². The van der Waals surface area contributed by atoms with E-state index in [1.165, 1.54) is 11.1 Å². The lowest BCUT2D eigenvalue weighted by Crippen LogP contribution is -2.11. The van der Waals surface area contributed by atoms with E-state index in [9.17, 15) is 5.11 Å². The maximum absolute atomic E-state index is 11.1. The molecule has 2 heterocycles. The van der Waals surface area contributed by atoms with E-state index in [0.717, 1.165) is 61.1 Å². The van der Waals surface area contributed by atoms with Crippen LogP contribution >= 0.6 is 0 Å². The fourth-order valence-corrected chi connectivity index (χ4v) is 6.18. The van der Waals surface area contributed by atoms with Crippen LogP contribution in [0.25, 0.3) is 55.6 Å². The molecule has 4 aromatic carbocycles. The molecule has 0 aliphatic carbocycles. The van der Waals surface area contributed by atoms with Crippen LogP contribution in [0.3, 0.4) is 0 Å². The summed E-state index contributed by atoms with van der Waals surface area (Å²) in [5, 5.41) is 12.2. The van der Waals surface area contributed by atoms with Gasteiger partial charge in [0.15, 0.2) is 0 Å². The largest absolute Gasteiger partial charge is 0.507 e. The van der Waals surface area contributed by atoms with Crippen molar-refractivity contribution in [1.29, 1.82) is 0 Å². The Morgan fingerprint density at radius 2 is 1.36 bits per heavy atom. The van der Waals surface area contributed by atoms with Gasteiger partial charge in [0.2, 0.25) is 0 Å². The van der Waals surface area contributed by atoms with Crippen molar-refractivity contribution in [3.63, 3.8) is 0 Å². The molecule has 4 nitrogen and oxygen atoms in total. The monoisotopic (exact) mass is 581 g/mol. The summed E-state index contributed by atoms with van der Waals surface area (Å²) in [6, 6.07) is 28.0. The summed E-state index contributed by atoms with van der Waals surface area (Å²) in [6.45, 7) is 19.9. The summed E-state index contributed by atoms with van der Waals surface area (Å²) in [5.41, 5.74) is 11.8. The Kier molecular flexibility index (Phi) is 7.15. The first kappa shape index (κ1) is 29.6. The minimum Gasteiger partial charge on any atom is -0.507 e. The highest BCUT2D eigenvalue weighted by molar-refractivity contribution is 5.98. The quantitative estimate of drug-likeness (QED) is 0.225. The molecule has 224 valence electrons. The molecule has 0 bridgehead atoms. The van der Waals surface area contributed by atoms with Gasteiger partial charge in [-0.15, -0.1) is 0 Å². The molecule has 0 amide bonds. The fraction of sp³-hybridized carbons (Fsp3) is 0.300. The maximum Gasteiger partial charge on any atom is 0.145 e. The number of aryl methyl sites for hydroxylation is 1. The van der Waals surface area contributed by atoms with Gasteiger partial charge in [0.25, 0.3) is 0 Å². The number of imidazole rings is 1. The van der Waals surface area contributed by atoms with Gasteiger partial charge < -0.3 is 9.67 Å². The van der Waals surface area contributed by atoms with E-state index in [0.29, 0.717) is 0 Å². The van der Waals surface area contributed by atoms with Crippen molar-refractivity contribution in [2.45, 2.75) is 79.2 Å². The number of nitrogens with zero attached hydrogens (tertiary/aromatic N) is 3. The normalized spacial score (nSPS) is 12.5. The van der Waals surface area contributed by atoms with Gasteiger partial charge >= 0.3 is 0 Å². The van der Waals surface area contributed by atoms with E-state index in [2.05, 4.69) is 128 Å². The molecule has 0 radical (unpaired) electrons. The van der Waals surface area contributed by atoms with E-state index in [4.69, 9.17) is 9.97 Å². The lowest BCUT2D eigenvalue weighted by molar-refractivity contribution is 0.474. The minimum atomic E-state index is -0.0520. The second-order valence-electron chi connectivity index (χ2n) is 14.5. The van der Waals surface area contributed by atoms with Gasteiger partial charge in [0.05, 0.1) is 22.1 Å². The van der Waals surface area contributed by atoms with Crippen molar-refractivity contribution in [2.75, 3.05) is 0 Å². The molecular formula is C40H43N3O. The Labute approximate surface area is 261 Å². The molecule has 0 saturated heterocycles. The summed E-state index contributed by atoms with van der Waals surface area (Å²) in [5.74, 6) is 1.03. The summed E-state index contributed by atoms with van der Waals surface area (Å²) in [4.78, 5) is 10.1. The number of hydrogen-bond donors (Lipinski definition) is 1. The number of para-hydroxylation sites is 1. The van der Waals surface area contributed by atoms with Crippen LogP contribution in [-0.2, 0) is 10.8 Å². The highest BCUT2D eigenvalue weighted by Gasteiger charge is 2.23. The van der Waals surface area contributed by atoms with Crippen LogP contribution in [0.2, 0.25) is 0 Å². The smallest absolute Gasteiger partial charge is 0.145 e. The van der Waals surface area contributed by atoms with Crippen molar-refractivity contribution in [3.05, 3.63) is 102 Å². The molecule has 4 heteroatoms. The van der Waals surface area contributed by atoms with Crippen molar-refractivity contribution in [2.24, 2.45) is 0 Å². The number of aromatic nitrogens is 3. The highest BCUT2D eigenvalue weighted by atomic mass is 16.3. The zero-order valence-corrected chi connectivity index (χ0v) is 27.4. The summed E-state index contributed by atoms with van der Waals surface area (Å²) in [6.07, 6.45) is 1.88. The zero-order valence-electron chi connectivity index (χ0n) is 27.4. The molecule has 0 saturated carbocycles. The number of fused-ring (bicyclic) bond motifs is 2. The lowest BCUT2D eigenvalue weighted by Gasteiger charge is -2.21. The van der Waals surface area contributed by atoms with Crippen molar-refractivity contribution >= 4 is 21.9 Å². The number of phenols is 1. The van der Waals surface area contributed by atoms with Crippen molar-refractivity contribution in [1.82, 2.24) is 14.5 Å². The van der Waals surface area contributed by atoms with Gasteiger partial charge in [-0.05, 0) is 102 Å². The van der Waals surface area contributed by atoms with E-state index in [1.54, 1.807) is 6.07 Å². The first-order valence-corrected chi connectivity index (χ1v) is 15.6.